The molecule has 3 amide bonds. The minimum atomic E-state index is -4.53. The monoisotopic (exact) mass is 398 g/mol. The number of pyridine rings is 1. The number of ether oxygens (including phenoxy) is 1. The Kier molecular flexibility index (Phi) is 5.08. The third-order valence-corrected chi connectivity index (χ3v) is 4.02. The molecule has 7 nitrogen and oxygen atoms in total. The number of alkyl halides is 3. The van der Waals surface area contributed by atoms with Gasteiger partial charge in [0.1, 0.15) is 17.6 Å². The van der Waals surface area contributed by atoms with Crippen molar-refractivity contribution >= 4 is 17.6 Å². The van der Waals surface area contributed by atoms with Gasteiger partial charge in [0, 0.05) is 31.9 Å². The Bertz CT molecular complexity index is 902. The molecule has 2 heterocycles. The van der Waals surface area contributed by atoms with Crippen molar-refractivity contribution in [1.82, 2.24) is 15.2 Å². The van der Waals surface area contributed by atoms with E-state index in [-0.39, 0.29) is 23.9 Å². The average Bonchev–Trinajstić information content (AvgIpc) is 2.97. The van der Waals surface area contributed by atoms with E-state index in [1.54, 1.807) is 0 Å². The van der Waals surface area contributed by atoms with Gasteiger partial charge < -0.3 is 20.3 Å². The standard InChI is InChI=1S/C17H14F4N4O3/c1-25-13(8-23-16(25)27)15(26)24-12-6-10(3-4-11(12)18)28-14-5-2-9(7-22-14)17(19,20)21/h2-7,13H,8H2,1H3,(H,23,27)(H,24,26). The Morgan fingerprint density at radius 3 is 2.64 bits per heavy atom. The molecule has 0 bridgehead atoms. The molecule has 1 aliphatic rings. The van der Waals surface area contributed by atoms with E-state index in [0.717, 1.165) is 24.3 Å². The second-order valence-electron chi connectivity index (χ2n) is 5.93. The fourth-order valence-corrected chi connectivity index (χ4v) is 2.46. The van der Waals surface area contributed by atoms with E-state index in [1.165, 1.54) is 18.0 Å². The zero-order valence-corrected chi connectivity index (χ0v) is 14.4. The second-order valence-corrected chi connectivity index (χ2v) is 5.93. The van der Waals surface area contributed by atoms with Crippen LogP contribution in [0.25, 0.3) is 0 Å². The molecule has 1 fully saturated rings. The number of halogens is 4. The SMILES string of the molecule is CN1C(=O)NCC1C(=O)Nc1cc(Oc2ccc(C(F)(F)F)cn2)ccc1F. The van der Waals surface area contributed by atoms with Gasteiger partial charge in [0.05, 0.1) is 11.3 Å². The number of carbonyl (C=O) groups is 2. The van der Waals surface area contributed by atoms with E-state index in [9.17, 15) is 27.2 Å². The van der Waals surface area contributed by atoms with Gasteiger partial charge in [-0.15, -0.1) is 0 Å². The molecule has 3 rings (SSSR count). The molecule has 0 spiro atoms. The van der Waals surface area contributed by atoms with Gasteiger partial charge in [-0.05, 0) is 18.2 Å². The van der Waals surface area contributed by atoms with Crippen LogP contribution in [0.4, 0.5) is 28.0 Å². The van der Waals surface area contributed by atoms with Crippen molar-refractivity contribution in [2.45, 2.75) is 12.2 Å². The lowest BCUT2D eigenvalue weighted by atomic mass is 10.2. The number of amides is 3. The van der Waals surface area contributed by atoms with Gasteiger partial charge in [-0.3, -0.25) is 4.79 Å². The smallest absolute Gasteiger partial charge is 0.417 e. The molecule has 0 saturated carbocycles. The Hall–Kier alpha value is -3.37. The maximum atomic E-state index is 14.0. The van der Waals surface area contributed by atoms with E-state index < -0.39 is 35.5 Å². The number of urea groups is 1. The lowest BCUT2D eigenvalue weighted by molar-refractivity contribution is -0.137. The molecule has 2 aromatic rings. The third kappa shape index (κ3) is 4.13. The third-order valence-electron chi connectivity index (χ3n) is 4.02. The summed E-state index contributed by atoms with van der Waals surface area (Å²) in [6, 6.07) is 4.01. The summed E-state index contributed by atoms with van der Waals surface area (Å²) in [5.74, 6) is -1.44. The van der Waals surface area contributed by atoms with Crippen molar-refractivity contribution in [3.63, 3.8) is 0 Å². The Morgan fingerprint density at radius 1 is 1.32 bits per heavy atom. The van der Waals surface area contributed by atoms with E-state index in [0.29, 0.717) is 6.20 Å². The van der Waals surface area contributed by atoms with Crippen LogP contribution < -0.4 is 15.4 Å². The molecular formula is C17H14F4N4O3. The number of anilines is 1. The normalized spacial score (nSPS) is 16.7. The number of carbonyl (C=O) groups excluding carboxylic acids is 2. The van der Waals surface area contributed by atoms with Crippen molar-refractivity contribution in [3.8, 4) is 11.6 Å². The zero-order chi connectivity index (χ0) is 20.5. The minimum absolute atomic E-state index is 0.0536. The molecule has 1 atom stereocenters. The number of aromatic nitrogens is 1. The Labute approximate surface area is 156 Å². The topological polar surface area (TPSA) is 83.6 Å². The number of benzene rings is 1. The van der Waals surface area contributed by atoms with Crippen LogP contribution in [0, 0.1) is 5.82 Å². The van der Waals surface area contributed by atoms with E-state index >= 15 is 0 Å². The highest BCUT2D eigenvalue weighted by molar-refractivity contribution is 5.99. The highest BCUT2D eigenvalue weighted by Crippen LogP contribution is 2.30. The predicted octanol–water partition coefficient (Wildman–Crippen LogP) is 2.99. The lowest BCUT2D eigenvalue weighted by Gasteiger charge is -2.17. The summed E-state index contributed by atoms with van der Waals surface area (Å²) >= 11 is 0. The van der Waals surface area contributed by atoms with Crippen LogP contribution in [0.15, 0.2) is 36.5 Å². The fourth-order valence-electron chi connectivity index (χ4n) is 2.46. The minimum Gasteiger partial charge on any atom is -0.439 e. The summed E-state index contributed by atoms with van der Waals surface area (Å²) in [5, 5.41) is 4.84. The predicted molar refractivity (Wildman–Crippen MR) is 89.3 cm³/mol. The molecule has 1 saturated heterocycles. The van der Waals surface area contributed by atoms with Crippen LogP contribution in [0.1, 0.15) is 5.56 Å². The van der Waals surface area contributed by atoms with E-state index in [2.05, 4.69) is 15.6 Å². The number of hydrogen-bond acceptors (Lipinski definition) is 4. The van der Waals surface area contributed by atoms with Gasteiger partial charge in [0.2, 0.25) is 11.8 Å². The van der Waals surface area contributed by atoms with Crippen LogP contribution in [-0.2, 0) is 11.0 Å². The first-order chi connectivity index (χ1) is 13.1. The quantitative estimate of drug-likeness (QED) is 0.776. The van der Waals surface area contributed by atoms with E-state index in [4.69, 9.17) is 4.74 Å². The lowest BCUT2D eigenvalue weighted by Crippen LogP contribution is -2.40. The van der Waals surface area contributed by atoms with Crippen LogP contribution in [0.3, 0.4) is 0 Å². The first-order valence-electron chi connectivity index (χ1n) is 7.97. The van der Waals surface area contributed by atoms with Gasteiger partial charge in [0.15, 0.2) is 0 Å². The number of nitrogens with zero attached hydrogens (tertiary/aromatic N) is 2. The molecule has 1 unspecified atom stereocenters. The highest BCUT2D eigenvalue weighted by atomic mass is 19.4. The van der Waals surface area contributed by atoms with Crippen molar-refractivity contribution < 1.29 is 31.9 Å². The van der Waals surface area contributed by atoms with Gasteiger partial charge in [-0.2, -0.15) is 13.2 Å². The van der Waals surface area contributed by atoms with E-state index in [1.807, 2.05) is 0 Å². The second kappa shape index (κ2) is 7.33. The maximum Gasteiger partial charge on any atom is 0.417 e. The van der Waals surface area contributed by atoms with Gasteiger partial charge >= 0.3 is 12.2 Å². The summed E-state index contributed by atoms with van der Waals surface area (Å²) < 4.78 is 57.0. The molecule has 148 valence electrons. The molecule has 28 heavy (non-hydrogen) atoms. The molecular weight excluding hydrogens is 384 g/mol. The van der Waals surface area contributed by atoms with Crippen molar-refractivity contribution in [3.05, 3.63) is 47.9 Å². The average molecular weight is 398 g/mol. The van der Waals surface area contributed by atoms with Crippen molar-refractivity contribution in [2.24, 2.45) is 0 Å². The van der Waals surface area contributed by atoms with Crippen LogP contribution >= 0.6 is 0 Å². The van der Waals surface area contributed by atoms with Gasteiger partial charge in [-0.1, -0.05) is 0 Å². The molecule has 2 N–H and O–H groups in total. The van der Waals surface area contributed by atoms with Crippen molar-refractivity contribution in [1.29, 1.82) is 0 Å². The van der Waals surface area contributed by atoms with Crippen molar-refractivity contribution in [2.75, 3.05) is 18.9 Å². The first kappa shape index (κ1) is 19.4. The fraction of sp³-hybridized carbons (Fsp3) is 0.235. The maximum absolute atomic E-state index is 14.0. The van der Waals surface area contributed by atoms with Crippen LogP contribution in [0.5, 0.6) is 11.6 Å². The van der Waals surface area contributed by atoms with Gasteiger partial charge in [-0.25, -0.2) is 14.2 Å². The molecule has 0 radical (unpaired) electrons. The highest BCUT2D eigenvalue weighted by Gasteiger charge is 2.33. The molecule has 1 aromatic heterocycles. The summed E-state index contributed by atoms with van der Waals surface area (Å²) in [7, 11) is 1.43. The van der Waals surface area contributed by atoms with Crippen LogP contribution in [-0.4, -0.2) is 41.5 Å². The Balaban J connectivity index is 1.73. The number of hydrogen-bond donors (Lipinski definition) is 2. The van der Waals surface area contributed by atoms with Gasteiger partial charge in [0.25, 0.3) is 0 Å². The number of rotatable bonds is 4. The molecule has 0 aliphatic carbocycles. The Morgan fingerprint density at radius 2 is 2.07 bits per heavy atom. The first-order valence-corrected chi connectivity index (χ1v) is 7.97. The summed E-state index contributed by atoms with van der Waals surface area (Å²) in [6.45, 7) is 0.0778. The summed E-state index contributed by atoms with van der Waals surface area (Å²) in [6.07, 6.45) is -3.91. The summed E-state index contributed by atoms with van der Waals surface area (Å²) in [4.78, 5) is 28.4. The largest absolute Gasteiger partial charge is 0.439 e. The number of likely N-dealkylation sites (N-methyl/N-ethyl adjacent to an activating group) is 1. The number of nitrogens with one attached hydrogen (secondary N) is 2. The summed E-state index contributed by atoms with van der Waals surface area (Å²) in [5.41, 5.74) is -1.14. The van der Waals surface area contributed by atoms with Crippen LogP contribution in [0.2, 0.25) is 0 Å². The molecule has 11 heteroatoms. The zero-order valence-electron chi connectivity index (χ0n) is 14.4. The molecule has 1 aliphatic heterocycles. The molecule has 1 aromatic carbocycles.